The van der Waals surface area contributed by atoms with Crippen LogP contribution in [0.5, 0.6) is 17.2 Å². The Kier molecular flexibility index (Phi) is 8.71. The highest BCUT2D eigenvalue weighted by atomic mass is 32.2. The van der Waals surface area contributed by atoms with Crippen molar-refractivity contribution in [2.24, 2.45) is 5.10 Å². The second kappa shape index (κ2) is 11.9. The van der Waals surface area contributed by atoms with Crippen LogP contribution in [0.15, 0.2) is 52.7 Å². The molecule has 0 aliphatic rings. The minimum atomic E-state index is -0.236. The van der Waals surface area contributed by atoms with E-state index in [2.05, 4.69) is 20.7 Å². The minimum absolute atomic E-state index is 0.157. The molecule has 2 aromatic carbocycles. The standard InChI is InChI=1S/C23H27N5O4S/c1-5-28-22(17-9-12-19(30-3)20(13-17)31-4)26-27-23(28)33-15-21(29)25-24-14-16-7-10-18(11-8-16)32-6-2/h7-14H,5-6,15H2,1-4H3,(H,25,29). The number of ether oxygens (including phenoxy) is 3. The second-order valence-electron chi connectivity index (χ2n) is 6.70. The Bertz CT molecular complexity index is 1100. The van der Waals surface area contributed by atoms with Crippen LogP contribution in [0.2, 0.25) is 0 Å². The fourth-order valence-corrected chi connectivity index (χ4v) is 3.82. The minimum Gasteiger partial charge on any atom is -0.494 e. The zero-order chi connectivity index (χ0) is 23.6. The van der Waals surface area contributed by atoms with Gasteiger partial charge >= 0.3 is 0 Å². The van der Waals surface area contributed by atoms with Gasteiger partial charge in [0.1, 0.15) is 5.75 Å². The van der Waals surface area contributed by atoms with Crippen molar-refractivity contribution in [3.05, 3.63) is 48.0 Å². The Hall–Kier alpha value is -3.53. The molecule has 1 aromatic heterocycles. The third kappa shape index (κ3) is 6.26. The predicted octanol–water partition coefficient (Wildman–Crippen LogP) is 3.62. The molecule has 9 nitrogen and oxygen atoms in total. The Balaban J connectivity index is 1.60. The summed E-state index contributed by atoms with van der Waals surface area (Å²) >= 11 is 1.30. The average Bonchev–Trinajstić information content (AvgIpc) is 3.26. The summed E-state index contributed by atoms with van der Waals surface area (Å²) in [6.07, 6.45) is 1.59. The molecule has 0 radical (unpaired) electrons. The van der Waals surface area contributed by atoms with E-state index in [4.69, 9.17) is 14.2 Å². The number of hydrazone groups is 1. The number of amides is 1. The van der Waals surface area contributed by atoms with E-state index in [0.29, 0.717) is 35.6 Å². The number of hydrogen-bond acceptors (Lipinski definition) is 8. The van der Waals surface area contributed by atoms with Gasteiger partial charge in [-0.3, -0.25) is 4.79 Å². The molecule has 0 aliphatic heterocycles. The Morgan fingerprint density at radius 1 is 1.09 bits per heavy atom. The van der Waals surface area contributed by atoms with Crippen LogP contribution in [0, 0.1) is 0 Å². The molecule has 0 bridgehead atoms. The first-order valence-electron chi connectivity index (χ1n) is 10.4. The molecule has 0 atom stereocenters. The molecule has 0 fully saturated rings. The fraction of sp³-hybridized carbons (Fsp3) is 0.304. The van der Waals surface area contributed by atoms with Crippen LogP contribution in [0.3, 0.4) is 0 Å². The highest BCUT2D eigenvalue weighted by molar-refractivity contribution is 7.99. The lowest BCUT2D eigenvalue weighted by Gasteiger charge is -2.10. The summed E-state index contributed by atoms with van der Waals surface area (Å²) < 4.78 is 18.0. The van der Waals surface area contributed by atoms with Gasteiger partial charge in [-0.15, -0.1) is 10.2 Å². The van der Waals surface area contributed by atoms with E-state index in [-0.39, 0.29) is 11.7 Å². The topological polar surface area (TPSA) is 99.9 Å². The first kappa shape index (κ1) is 24.1. The van der Waals surface area contributed by atoms with Crippen LogP contribution in [0.1, 0.15) is 19.4 Å². The Morgan fingerprint density at radius 2 is 1.85 bits per heavy atom. The number of thioether (sulfide) groups is 1. The van der Waals surface area contributed by atoms with E-state index in [0.717, 1.165) is 16.9 Å². The van der Waals surface area contributed by atoms with Gasteiger partial charge in [-0.25, -0.2) is 5.43 Å². The van der Waals surface area contributed by atoms with Crippen LogP contribution >= 0.6 is 11.8 Å². The van der Waals surface area contributed by atoms with E-state index in [1.165, 1.54) is 11.8 Å². The van der Waals surface area contributed by atoms with Crippen molar-refractivity contribution in [3.63, 3.8) is 0 Å². The summed E-state index contributed by atoms with van der Waals surface area (Å²) in [5.41, 5.74) is 4.24. The lowest BCUT2D eigenvalue weighted by Crippen LogP contribution is -2.20. The first-order chi connectivity index (χ1) is 16.1. The molecule has 10 heteroatoms. The van der Waals surface area contributed by atoms with Crippen LogP contribution in [-0.2, 0) is 11.3 Å². The number of carbonyl (C=O) groups excluding carboxylic acids is 1. The third-order valence-electron chi connectivity index (χ3n) is 4.60. The lowest BCUT2D eigenvalue weighted by atomic mass is 10.2. The number of methoxy groups -OCH3 is 2. The average molecular weight is 470 g/mol. The van der Waals surface area contributed by atoms with E-state index in [9.17, 15) is 4.79 Å². The summed E-state index contributed by atoms with van der Waals surface area (Å²) in [6, 6.07) is 13.0. The predicted molar refractivity (Wildman–Crippen MR) is 128 cm³/mol. The smallest absolute Gasteiger partial charge is 0.250 e. The normalized spacial score (nSPS) is 10.9. The molecule has 174 valence electrons. The molecular formula is C23H27N5O4S. The number of aromatic nitrogens is 3. The number of rotatable bonds is 11. The number of nitrogens with one attached hydrogen (secondary N) is 1. The Morgan fingerprint density at radius 3 is 2.52 bits per heavy atom. The van der Waals surface area contributed by atoms with Crippen molar-refractivity contribution in [2.75, 3.05) is 26.6 Å². The lowest BCUT2D eigenvalue weighted by molar-refractivity contribution is -0.118. The summed E-state index contributed by atoms with van der Waals surface area (Å²) in [4.78, 5) is 12.2. The van der Waals surface area contributed by atoms with Crippen LogP contribution in [0.4, 0.5) is 0 Å². The molecule has 1 amide bonds. The van der Waals surface area contributed by atoms with Crippen LogP contribution in [0.25, 0.3) is 11.4 Å². The molecule has 0 saturated carbocycles. The maximum absolute atomic E-state index is 12.2. The van der Waals surface area contributed by atoms with Crippen molar-refractivity contribution in [2.45, 2.75) is 25.5 Å². The molecule has 3 rings (SSSR count). The van der Waals surface area contributed by atoms with Gasteiger partial charge in [0, 0.05) is 12.1 Å². The summed E-state index contributed by atoms with van der Waals surface area (Å²) in [5, 5.41) is 13.2. The second-order valence-corrected chi connectivity index (χ2v) is 7.65. The van der Waals surface area contributed by atoms with Crippen molar-refractivity contribution in [1.82, 2.24) is 20.2 Å². The van der Waals surface area contributed by atoms with Gasteiger partial charge in [-0.2, -0.15) is 5.10 Å². The van der Waals surface area contributed by atoms with Gasteiger partial charge in [0.05, 0.1) is 32.8 Å². The molecule has 1 N–H and O–H groups in total. The maximum Gasteiger partial charge on any atom is 0.250 e. The highest BCUT2D eigenvalue weighted by Gasteiger charge is 2.16. The first-order valence-corrected chi connectivity index (χ1v) is 11.4. The zero-order valence-corrected chi connectivity index (χ0v) is 19.9. The molecule has 0 aliphatic carbocycles. The SMILES string of the molecule is CCOc1ccc(C=NNC(=O)CSc2nnc(-c3ccc(OC)c(OC)c3)n2CC)cc1. The van der Waals surface area contributed by atoms with Crippen molar-refractivity contribution in [1.29, 1.82) is 0 Å². The molecule has 33 heavy (non-hydrogen) atoms. The number of nitrogens with zero attached hydrogens (tertiary/aromatic N) is 4. The monoisotopic (exact) mass is 469 g/mol. The van der Waals surface area contributed by atoms with Gasteiger partial charge in [0.2, 0.25) is 0 Å². The van der Waals surface area contributed by atoms with E-state index in [1.807, 2.05) is 60.9 Å². The third-order valence-corrected chi connectivity index (χ3v) is 5.57. The highest BCUT2D eigenvalue weighted by Crippen LogP contribution is 2.32. The largest absolute Gasteiger partial charge is 0.494 e. The number of carbonyl (C=O) groups is 1. The van der Waals surface area contributed by atoms with Crippen molar-refractivity contribution in [3.8, 4) is 28.6 Å². The van der Waals surface area contributed by atoms with Crippen LogP contribution in [-0.4, -0.2) is 53.5 Å². The summed E-state index contributed by atoms with van der Waals surface area (Å²) in [5.74, 6) is 2.66. The number of benzene rings is 2. The summed E-state index contributed by atoms with van der Waals surface area (Å²) in [6.45, 7) is 5.20. The maximum atomic E-state index is 12.2. The van der Waals surface area contributed by atoms with E-state index < -0.39 is 0 Å². The van der Waals surface area contributed by atoms with Crippen molar-refractivity contribution >= 4 is 23.9 Å². The van der Waals surface area contributed by atoms with Crippen molar-refractivity contribution < 1.29 is 19.0 Å². The van der Waals surface area contributed by atoms with Gasteiger partial charge in [-0.05, 0) is 61.9 Å². The molecule has 3 aromatic rings. The molecule has 0 saturated heterocycles. The van der Waals surface area contributed by atoms with Gasteiger partial charge in [0.25, 0.3) is 5.91 Å². The fourth-order valence-electron chi connectivity index (χ4n) is 3.03. The summed E-state index contributed by atoms with van der Waals surface area (Å²) in [7, 11) is 3.18. The van der Waals surface area contributed by atoms with Gasteiger partial charge < -0.3 is 18.8 Å². The molecular weight excluding hydrogens is 442 g/mol. The molecule has 1 heterocycles. The molecule has 0 unspecified atom stereocenters. The van der Waals surface area contributed by atoms with Crippen LogP contribution < -0.4 is 19.6 Å². The van der Waals surface area contributed by atoms with Gasteiger partial charge in [0.15, 0.2) is 22.5 Å². The van der Waals surface area contributed by atoms with E-state index in [1.54, 1.807) is 20.4 Å². The van der Waals surface area contributed by atoms with E-state index >= 15 is 0 Å². The molecule has 0 spiro atoms. The van der Waals surface area contributed by atoms with Gasteiger partial charge in [-0.1, -0.05) is 11.8 Å². The number of hydrogen-bond donors (Lipinski definition) is 1. The Labute approximate surface area is 197 Å². The quantitative estimate of drug-likeness (QED) is 0.260. The zero-order valence-electron chi connectivity index (χ0n) is 19.1.